The first-order chi connectivity index (χ1) is 14.7. The Labute approximate surface area is 189 Å². The van der Waals surface area contributed by atoms with Crippen molar-refractivity contribution in [2.75, 3.05) is 19.3 Å². The summed E-state index contributed by atoms with van der Waals surface area (Å²) in [6.45, 7) is 3.26. The van der Waals surface area contributed by atoms with E-state index in [-0.39, 0.29) is 22.5 Å². The Balaban J connectivity index is 0.000000185. The molecular weight excluding hydrogens is 436 g/mol. The van der Waals surface area contributed by atoms with E-state index >= 15 is 0 Å². The highest BCUT2D eigenvalue weighted by Crippen LogP contribution is 2.36. The predicted molar refractivity (Wildman–Crippen MR) is 122 cm³/mol. The molecule has 4 rings (SSSR count). The third-order valence-electron chi connectivity index (χ3n) is 5.75. The van der Waals surface area contributed by atoms with Crippen LogP contribution in [0.1, 0.15) is 63.5 Å². The summed E-state index contributed by atoms with van der Waals surface area (Å²) in [4.78, 5) is 17.5. The smallest absolute Gasteiger partial charge is 0.281 e. The molecule has 3 fully saturated rings. The lowest BCUT2D eigenvalue weighted by Crippen LogP contribution is -2.38. The molecule has 0 aromatic carbocycles. The van der Waals surface area contributed by atoms with Gasteiger partial charge in [-0.3, -0.25) is 4.79 Å². The molecule has 1 N–H and O–H groups in total. The summed E-state index contributed by atoms with van der Waals surface area (Å²) in [5, 5.41) is 10.2. The minimum Gasteiger partial charge on any atom is -0.489 e. The topological polar surface area (TPSA) is 96.8 Å². The van der Waals surface area contributed by atoms with Crippen molar-refractivity contribution in [1.29, 1.82) is 0 Å². The molecule has 2 aliphatic carbocycles. The van der Waals surface area contributed by atoms with Gasteiger partial charge in [0.1, 0.15) is 5.75 Å². The van der Waals surface area contributed by atoms with Crippen LogP contribution in [0.5, 0.6) is 5.75 Å². The molecule has 1 aromatic heterocycles. The second-order valence-corrected chi connectivity index (χ2v) is 11.9. The SMILES string of the molecule is Cc1nc(S(C)(=O)=O)ccc1OC1CCCCC1.O=C(SC1CC1)N1CCC(O)CC1. The highest BCUT2D eigenvalue weighted by Gasteiger charge is 2.29. The highest BCUT2D eigenvalue weighted by atomic mass is 32.2. The molecule has 2 heterocycles. The average molecular weight is 471 g/mol. The first-order valence-corrected chi connectivity index (χ1v) is 14.0. The van der Waals surface area contributed by atoms with E-state index in [9.17, 15) is 18.3 Å². The number of hydrogen-bond acceptors (Lipinski definition) is 7. The largest absolute Gasteiger partial charge is 0.489 e. The van der Waals surface area contributed by atoms with Crippen LogP contribution in [0, 0.1) is 6.92 Å². The molecule has 174 valence electrons. The molecule has 3 aliphatic rings. The molecule has 2 saturated carbocycles. The average Bonchev–Trinajstić information content (AvgIpc) is 3.54. The van der Waals surface area contributed by atoms with Gasteiger partial charge in [0.25, 0.3) is 5.24 Å². The zero-order valence-corrected chi connectivity index (χ0v) is 20.1. The van der Waals surface area contributed by atoms with E-state index < -0.39 is 9.84 Å². The molecule has 1 amide bonds. The molecular formula is C22H34N2O5S2. The van der Waals surface area contributed by atoms with Crippen LogP contribution >= 0.6 is 11.8 Å². The number of aliphatic hydroxyl groups is 1. The number of rotatable bonds is 4. The number of aromatic nitrogens is 1. The number of likely N-dealkylation sites (tertiary alicyclic amines) is 1. The number of aryl methyl sites for hydroxylation is 1. The van der Waals surface area contributed by atoms with Gasteiger partial charge in [0.2, 0.25) is 0 Å². The molecule has 9 heteroatoms. The fraction of sp³-hybridized carbons (Fsp3) is 0.727. The number of carbonyl (C=O) groups is 1. The van der Waals surface area contributed by atoms with Crippen molar-refractivity contribution in [2.45, 2.75) is 87.2 Å². The van der Waals surface area contributed by atoms with Crippen molar-refractivity contribution >= 4 is 26.8 Å². The third kappa shape index (κ3) is 7.95. The van der Waals surface area contributed by atoms with Gasteiger partial charge in [-0.05, 0) is 70.4 Å². The van der Waals surface area contributed by atoms with Gasteiger partial charge in [-0.15, -0.1) is 0 Å². The van der Waals surface area contributed by atoms with Gasteiger partial charge < -0.3 is 14.7 Å². The van der Waals surface area contributed by atoms with Crippen molar-refractivity contribution < 1.29 is 23.1 Å². The molecule has 0 bridgehead atoms. The number of carbonyl (C=O) groups excluding carboxylic acids is 1. The van der Waals surface area contributed by atoms with Gasteiger partial charge in [-0.1, -0.05) is 18.2 Å². The quantitative estimate of drug-likeness (QED) is 0.711. The molecule has 31 heavy (non-hydrogen) atoms. The Kier molecular flexibility index (Phi) is 8.64. The van der Waals surface area contributed by atoms with Crippen LogP contribution in [0.3, 0.4) is 0 Å². The number of sulfone groups is 1. The summed E-state index contributed by atoms with van der Waals surface area (Å²) >= 11 is 1.48. The molecule has 1 aromatic rings. The number of pyridine rings is 1. The molecule has 0 unspecified atom stereocenters. The van der Waals surface area contributed by atoms with Gasteiger partial charge in [0.15, 0.2) is 14.9 Å². The summed E-state index contributed by atoms with van der Waals surface area (Å²) in [6, 6.07) is 3.23. The van der Waals surface area contributed by atoms with E-state index in [0.717, 1.165) is 45.0 Å². The van der Waals surface area contributed by atoms with Crippen molar-refractivity contribution in [1.82, 2.24) is 9.88 Å². The summed E-state index contributed by atoms with van der Waals surface area (Å²) < 4.78 is 28.7. The minimum absolute atomic E-state index is 0.107. The molecule has 1 aliphatic heterocycles. The van der Waals surface area contributed by atoms with Crippen LogP contribution in [0.25, 0.3) is 0 Å². The Morgan fingerprint density at radius 1 is 1.10 bits per heavy atom. The summed E-state index contributed by atoms with van der Waals surface area (Å²) in [5.41, 5.74) is 0.642. The van der Waals surface area contributed by atoms with E-state index in [1.54, 1.807) is 13.0 Å². The van der Waals surface area contributed by atoms with Crippen LogP contribution in [0.4, 0.5) is 4.79 Å². The van der Waals surface area contributed by atoms with Crippen LogP contribution in [-0.2, 0) is 9.84 Å². The second kappa shape index (κ2) is 11.0. The summed E-state index contributed by atoms with van der Waals surface area (Å²) in [6.07, 6.45) is 11.0. The summed E-state index contributed by atoms with van der Waals surface area (Å²) in [7, 11) is -3.24. The number of thioether (sulfide) groups is 1. The number of nitrogens with zero attached hydrogens (tertiary/aromatic N) is 2. The van der Waals surface area contributed by atoms with Gasteiger partial charge in [-0.2, -0.15) is 0 Å². The van der Waals surface area contributed by atoms with Crippen LogP contribution in [-0.4, -0.2) is 65.5 Å². The normalized spacial score (nSPS) is 20.7. The third-order valence-corrected chi connectivity index (χ3v) is 8.00. The van der Waals surface area contributed by atoms with Gasteiger partial charge >= 0.3 is 0 Å². The maximum Gasteiger partial charge on any atom is 0.281 e. The van der Waals surface area contributed by atoms with E-state index in [1.165, 1.54) is 49.9 Å². The monoisotopic (exact) mass is 470 g/mol. The molecule has 0 atom stereocenters. The highest BCUT2D eigenvalue weighted by molar-refractivity contribution is 8.14. The number of ether oxygens (including phenoxy) is 1. The lowest BCUT2D eigenvalue weighted by molar-refractivity contribution is 0.1000. The zero-order chi connectivity index (χ0) is 22.4. The summed E-state index contributed by atoms with van der Waals surface area (Å²) in [5.74, 6) is 0.703. The predicted octanol–water partition coefficient (Wildman–Crippen LogP) is 3.96. The van der Waals surface area contributed by atoms with Crippen LogP contribution < -0.4 is 4.74 Å². The lowest BCUT2D eigenvalue weighted by atomic mass is 9.98. The fourth-order valence-electron chi connectivity index (χ4n) is 3.67. The van der Waals surface area contributed by atoms with Crippen molar-refractivity contribution in [3.63, 3.8) is 0 Å². The van der Waals surface area contributed by atoms with E-state index in [4.69, 9.17) is 4.74 Å². The van der Waals surface area contributed by atoms with Gasteiger partial charge in [0, 0.05) is 24.6 Å². The van der Waals surface area contributed by atoms with Crippen LogP contribution in [0.15, 0.2) is 17.2 Å². The number of aliphatic hydroxyl groups excluding tert-OH is 1. The van der Waals surface area contributed by atoms with E-state index in [0.29, 0.717) is 16.7 Å². The van der Waals surface area contributed by atoms with Gasteiger partial charge in [0.05, 0.1) is 17.9 Å². The van der Waals surface area contributed by atoms with Crippen molar-refractivity contribution in [3.8, 4) is 5.75 Å². The Morgan fingerprint density at radius 3 is 2.29 bits per heavy atom. The number of hydrogen-bond donors (Lipinski definition) is 1. The van der Waals surface area contributed by atoms with Crippen LogP contribution in [0.2, 0.25) is 0 Å². The first-order valence-electron chi connectivity index (χ1n) is 11.2. The maximum absolute atomic E-state index is 11.6. The van der Waals surface area contributed by atoms with Crippen molar-refractivity contribution in [3.05, 3.63) is 17.8 Å². The standard InChI is InChI=1S/C13H19NO3S.C9H15NO2S/c1-10-12(17-11-6-4-3-5-7-11)8-9-13(14-10)18(2,15)16;11-7-3-5-10(6-4-7)9(12)13-8-1-2-8/h8-9,11H,3-7H2,1-2H3;7-8,11H,1-6H2. The Hall–Kier alpha value is -1.32. The van der Waals surface area contributed by atoms with E-state index in [2.05, 4.69) is 4.98 Å². The number of amides is 1. The molecule has 7 nitrogen and oxygen atoms in total. The number of piperidine rings is 1. The fourth-order valence-corrected chi connectivity index (χ4v) is 5.28. The minimum atomic E-state index is -3.24. The van der Waals surface area contributed by atoms with Gasteiger partial charge in [-0.25, -0.2) is 13.4 Å². The Bertz CT molecular complexity index is 843. The molecule has 0 spiro atoms. The zero-order valence-electron chi connectivity index (χ0n) is 18.5. The van der Waals surface area contributed by atoms with E-state index in [1.807, 2.05) is 4.90 Å². The molecule has 1 saturated heterocycles. The Morgan fingerprint density at radius 2 is 1.74 bits per heavy atom. The second-order valence-electron chi connectivity index (χ2n) is 8.68. The molecule has 0 radical (unpaired) electrons. The first kappa shape index (κ1) is 24.3. The maximum atomic E-state index is 11.6. The lowest BCUT2D eigenvalue weighted by Gasteiger charge is -2.29. The van der Waals surface area contributed by atoms with Crippen molar-refractivity contribution in [2.24, 2.45) is 0 Å².